The molecular weight excluding hydrogens is 414 g/mol. The highest BCUT2D eigenvalue weighted by Crippen LogP contribution is 2.34. The first-order valence-electron chi connectivity index (χ1n) is 8.85. The maximum Gasteiger partial charge on any atom is 0.326 e. The maximum atomic E-state index is 12.5. The smallest absolute Gasteiger partial charge is 0.326 e. The number of esters is 1. The molecule has 1 aliphatic rings. The molecule has 3 rings (SSSR count). The molecule has 1 aliphatic heterocycles. The van der Waals surface area contributed by atoms with Crippen LogP contribution in [0.25, 0.3) is 6.08 Å². The number of halogens is 1. The van der Waals surface area contributed by atoms with Gasteiger partial charge in [0.05, 0.1) is 11.5 Å². The lowest BCUT2D eigenvalue weighted by atomic mass is 10.1. The summed E-state index contributed by atoms with van der Waals surface area (Å²) in [5.74, 6) is -0.581. The number of rotatable bonds is 7. The standard InChI is InChI=1S/C21H18ClNO5S/c1-2-27-19(24)12-23-20(25)18(29-21(23)26)11-15-5-3-4-6-17(15)28-13-14-7-9-16(22)10-8-14/h3-11H,2,12-13H2,1H3/b18-11-. The largest absolute Gasteiger partial charge is 0.488 e. The highest BCUT2D eigenvalue weighted by Gasteiger charge is 2.36. The van der Waals surface area contributed by atoms with E-state index >= 15 is 0 Å². The fraction of sp³-hybridized carbons (Fsp3) is 0.190. The van der Waals surface area contributed by atoms with Crippen LogP contribution in [-0.4, -0.2) is 35.2 Å². The van der Waals surface area contributed by atoms with Gasteiger partial charge in [0, 0.05) is 10.6 Å². The van der Waals surface area contributed by atoms with Crippen molar-refractivity contribution in [2.45, 2.75) is 13.5 Å². The Hall–Kier alpha value is -2.77. The van der Waals surface area contributed by atoms with E-state index in [0.717, 1.165) is 22.2 Å². The van der Waals surface area contributed by atoms with E-state index in [1.807, 2.05) is 24.3 Å². The van der Waals surface area contributed by atoms with E-state index in [1.54, 1.807) is 37.3 Å². The van der Waals surface area contributed by atoms with Gasteiger partial charge >= 0.3 is 5.97 Å². The molecule has 29 heavy (non-hydrogen) atoms. The van der Waals surface area contributed by atoms with Gasteiger partial charge in [-0.05, 0) is 48.5 Å². The summed E-state index contributed by atoms with van der Waals surface area (Å²) in [7, 11) is 0. The van der Waals surface area contributed by atoms with Crippen LogP contribution in [0.1, 0.15) is 18.1 Å². The molecule has 0 spiro atoms. The van der Waals surface area contributed by atoms with E-state index in [2.05, 4.69) is 0 Å². The minimum absolute atomic E-state index is 0.184. The second-order valence-corrected chi connectivity index (χ2v) is 7.46. The average Bonchev–Trinajstić information content (AvgIpc) is 2.96. The van der Waals surface area contributed by atoms with Crippen LogP contribution in [0.15, 0.2) is 53.4 Å². The average molecular weight is 432 g/mol. The molecule has 0 aromatic heterocycles. The van der Waals surface area contributed by atoms with Gasteiger partial charge in [0.25, 0.3) is 11.1 Å². The Morgan fingerprint density at radius 3 is 2.59 bits per heavy atom. The first-order valence-corrected chi connectivity index (χ1v) is 10.0. The lowest BCUT2D eigenvalue weighted by Crippen LogP contribution is -2.34. The molecule has 2 aromatic rings. The number of carbonyl (C=O) groups excluding carboxylic acids is 3. The van der Waals surface area contributed by atoms with Gasteiger partial charge in [-0.15, -0.1) is 0 Å². The highest BCUT2D eigenvalue weighted by molar-refractivity contribution is 8.18. The maximum absolute atomic E-state index is 12.5. The molecule has 0 N–H and O–H groups in total. The Balaban J connectivity index is 1.74. The summed E-state index contributed by atoms with van der Waals surface area (Å²) >= 11 is 6.67. The van der Waals surface area contributed by atoms with Crippen LogP contribution >= 0.6 is 23.4 Å². The number of hydrogen-bond donors (Lipinski definition) is 0. The first-order chi connectivity index (χ1) is 14.0. The molecule has 0 atom stereocenters. The van der Waals surface area contributed by atoms with Gasteiger partial charge in [-0.2, -0.15) is 0 Å². The van der Waals surface area contributed by atoms with E-state index in [4.69, 9.17) is 21.1 Å². The van der Waals surface area contributed by atoms with Crippen molar-refractivity contribution in [2.24, 2.45) is 0 Å². The molecule has 0 unspecified atom stereocenters. The molecule has 1 saturated heterocycles. The zero-order chi connectivity index (χ0) is 20.8. The quantitative estimate of drug-likeness (QED) is 0.474. The number of carbonyl (C=O) groups is 3. The van der Waals surface area contributed by atoms with Crippen LogP contribution in [0.2, 0.25) is 5.02 Å². The lowest BCUT2D eigenvalue weighted by Gasteiger charge is -2.11. The molecule has 0 saturated carbocycles. The van der Waals surface area contributed by atoms with Crippen LogP contribution in [0.5, 0.6) is 5.75 Å². The van der Waals surface area contributed by atoms with Crippen molar-refractivity contribution in [1.29, 1.82) is 0 Å². The Morgan fingerprint density at radius 1 is 1.14 bits per heavy atom. The SMILES string of the molecule is CCOC(=O)CN1C(=O)S/C(=C\c2ccccc2OCc2ccc(Cl)cc2)C1=O. The van der Waals surface area contributed by atoms with Crippen molar-refractivity contribution in [2.75, 3.05) is 13.2 Å². The number of benzene rings is 2. The monoisotopic (exact) mass is 431 g/mol. The van der Waals surface area contributed by atoms with Crippen molar-refractivity contribution < 1.29 is 23.9 Å². The fourth-order valence-corrected chi connectivity index (χ4v) is 3.54. The van der Waals surface area contributed by atoms with E-state index in [-0.39, 0.29) is 11.5 Å². The second kappa shape index (κ2) is 9.62. The molecule has 1 heterocycles. The van der Waals surface area contributed by atoms with Crippen LogP contribution in [0.4, 0.5) is 4.79 Å². The third-order valence-electron chi connectivity index (χ3n) is 3.98. The third kappa shape index (κ3) is 5.40. The van der Waals surface area contributed by atoms with Gasteiger partial charge in [0.15, 0.2) is 0 Å². The van der Waals surface area contributed by atoms with Crippen molar-refractivity contribution >= 4 is 46.6 Å². The number of thioether (sulfide) groups is 1. The van der Waals surface area contributed by atoms with Gasteiger partial charge in [0.1, 0.15) is 18.9 Å². The molecule has 1 fully saturated rings. The summed E-state index contributed by atoms with van der Waals surface area (Å²) in [6, 6.07) is 14.5. The number of ether oxygens (including phenoxy) is 2. The Kier molecular flexibility index (Phi) is 6.95. The summed E-state index contributed by atoms with van der Waals surface area (Å²) in [6.07, 6.45) is 1.59. The van der Waals surface area contributed by atoms with Crippen LogP contribution in [-0.2, 0) is 20.9 Å². The normalized spacial score (nSPS) is 15.1. The molecule has 0 radical (unpaired) electrons. The van der Waals surface area contributed by atoms with Crippen LogP contribution < -0.4 is 4.74 Å². The van der Waals surface area contributed by atoms with E-state index in [0.29, 0.717) is 22.9 Å². The van der Waals surface area contributed by atoms with Crippen molar-refractivity contribution in [1.82, 2.24) is 4.90 Å². The van der Waals surface area contributed by atoms with E-state index < -0.39 is 23.7 Å². The first kappa shape index (κ1) is 21.0. The van der Waals surface area contributed by atoms with Crippen molar-refractivity contribution in [3.05, 3.63) is 69.6 Å². The lowest BCUT2D eigenvalue weighted by molar-refractivity contribution is -0.145. The molecule has 0 aliphatic carbocycles. The van der Waals surface area contributed by atoms with Crippen LogP contribution in [0.3, 0.4) is 0 Å². The van der Waals surface area contributed by atoms with Gasteiger partial charge in [-0.1, -0.05) is 41.9 Å². The van der Waals surface area contributed by atoms with E-state index in [1.165, 1.54) is 0 Å². The zero-order valence-electron chi connectivity index (χ0n) is 15.6. The number of imide groups is 1. The number of amides is 2. The number of hydrogen-bond acceptors (Lipinski definition) is 6. The fourth-order valence-electron chi connectivity index (χ4n) is 2.59. The minimum Gasteiger partial charge on any atom is -0.488 e. The molecule has 150 valence electrons. The van der Waals surface area contributed by atoms with E-state index in [9.17, 15) is 14.4 Å². The molecular formula is C21H18ClNO5S. The summed E-state index contributed by atoms with van der Waals surface area (Å²) in [5.41, 5.74) is 1.60. The van der Waals surface area contributed by atoms with Crippen molar-refractivity contribution in [3.63, 3.8) is 0 Å². The van der Waals surface area contributed by atoms with Gasteiger partial charge in [-0.25, -0.2) is 0 Å². The van der Waals surface area contributed by atoms with Gasteiger partial charge in [0.2, 0.25) is 0 Å². The predicted molar refractivity (Wildman–Crippen MR) is 112 cm³/mol. The Labute approximate surface area is 177 Å². The van der Waals surface area contributed by atoms with Crippen molar-refractivity contribution in [3.8, 4) is 5.75 Å². The molecule has 2 aromatic carbocycles. The van der Waals surface area contributed by atoms with Gasteiger partial charge in [-0.3, -0.25) is 19.3 Å². The summed E-state index contributed by atoms with van der Waals surface area (Å²) in [5, 5.41) is 0.140. The Bertz CT molecular complexity index is 958. The summed E-state index contributed by atoms with van der Waals surface area (Å²) in [4.78, 5) is 37.4. The molecule has 8 heteroatoms. The summed E-state index contributed by atoms with van der Waals surface area (Å²) < 4.78 is 10.7. The predicted octanol–water partition coefficient (Wildman–Crippen LogP) is 4.52. The number of nitrogens with zero attached hydrogens (tertiary/aromatic N) is 1. The molecule has 2 amide bonds. The minimum atomic E-state index is -0.622. The third-order valence-corrected chi connectivity index (χ3v) is 5.14. The summed E-state index contributed by atoms with van der Waals surface area (Å²) in [6.45, 7) is 1.77. The zero-order valence-corrected chi connectivity index (χ0v) is 17.2. The molecule has 6 nitrogen and oxygen atoms in total. The highest BCUT2D eigenvalue weighted by atomic mass is 35.5. The number of para-hydroxylation sites is 1. The molecule has 0 bridgehead atoms. The Morgan fingerprint density at radius 2 is 1.86 bits per heavy atom. The second-order valence-electron chi connectivity index (χ2n) is 6.03. The topological polar surface area (TPSA) is 72.9 Å². The van der Waals surface area contributed by atoms with Gasteiger partial charge < -0.3 is 9.47 Å². The van der Waals surface area contributed by atoms with Crippen LogP contribution in [0, 0.1) is 0 Å².